The second-order valence-corrected chi connectivity index (χ2v) is 17.3. The van der Waals surface area contributed by atoms with Crippen LogP contribution in [-0.4, -0.2) is 20.9 Å². The van der Waals surface area contributed by atoms with E-state index >= 15 is 0 Å². The first-order valence-corrected chi connectivity index (χ1v) is 20.1. The number of hydrogen-bond acceptors (Lipinski definition) is 3. The Morgan fingerprint density at radius 3 is 1.90 bits per heavy atom. The van der Waals surface area contributed by atoms with E-state index in [-0.39, 0.29) is 16.6 Å². The van der Waals surface area contributed by atoms with Crippen molar-refractivity contribution >= 4 is 44.5 Å². The van der Waals surface area contributed by atoms with E-state index in [0.717, 1.165) is 56.0 Å². The van der Waals surface area contributed by atoms with Crippen molar-refractivity contribution in [3.8, 4) is 45.1 Å². The summed E-state index contributed by atoms with van der Waals surface area (Å²) >= 11 is 0. The third kappa shape index (κ3) is 6.65. The number of aromatic hydroxyl groups is 1. The Balaban J connectivity index is 1.17. The average molecular weight is 754 g/mol. The van der Waals surface area contributed by atoms with Crippen molar-refractivity contribution in [3.05, 3.63) is 180 Å². The average Bonchev–Trinajstić information content (AvgIpc) is 3.62. The van der Waals surface area contributed by atoms with Gasteiger partial charge in [-0.3, -0.25) is 9.56 Å². The van der Waals surface area contributed by atoms with Crippen LogP contribution in [0.1, 0.15) is 58.2 Å². The molecule has 0 atom stereocenters. The zero-order valence-electron chi connectivity index (χ0n) is 34.0. The fourth-order valence-corrected chi connectivity index (χ4v) is 8.15. The molecule has 1 N–H and O–H groups in total. The predicted molar refractivity (Wildman–Crippen MR) is 245 cm³/mol. The third-order valence-corrected chi connectivity index (χ3v) is 11.3. The zero-order chi connectivity index (χ0) is 40.2. The van der Waals surface area contributed by atoms with Crippen molar-refractivity contribution < 1.29 is 5.11 Å². The first-order valence-electron chi connectivity index (χ1n) is 20.1. The van der Waals surface area contributed by atoms with E-state index in [1.54, 1.807) is 6.21 Å². The Kier molecular flexibility index (Phi) is 9.09. The molecule has 1 heterocycles. The van der Waals surface area contributed by atoms with Crippen LogP contribution in [0.15, 0.2) is 169 Å². The van der Waals surface area contributed by atoms with E-state index < -0.39 is 0 Å². The molecule has 9 aromatic rings. The van der Waals surface area contributed by atoms with E-state index in [0.29, 0.717) is 5.56 Å². The lowest BCUT2D eigenvalue weighted by atomic mass is 9.79. The molecule has 0 aliphatic rings. The van der Waals surface area contributed by atoms with Crippen molar-refractivity contribution in [3.63, 3.8) is 0 Å². The lowest BCUT2D eigenvalue weighted by Gasteiger charge is -2.27. The molecular formula is C54H47N3O. The molecule has 0 saturated carbocycles. The largest absolute Gasteiger partial charge is 0.507 e. The first-order chi connectivity index (χ1) is 28.0. The number of hydrogen-bond donors (Lipinski definition) is 1. The highest BCUT2D eigenvalue weighted by Gasteiger charge is 2.25. The van der Waals surface area contributed by atoms with Crippen molar-refractivity contribution in [2.45, 2.75) is 52.4 Å². The van der Waals surface area contributed by atoms with Crippen molar-refractivity contribution in [1.29, 1.82) is 0 Å². The van der Waals surface area contributed by atoms with Gasteiger partial charge in [0.05, 0.1) is 16.7 Å². The number of fused-ring (bicyclic) bond motifs is 4. The van der Waals surface area contributed by atoms with Gasteiger partial charge in [0.15, 0.2) is 0 Å². The Hall–Kier alpha value is -6.78. The van der Waals surface area contributed by atoms with Gasteiger partial charge in [-0.05, 0) is 97.1 Å². The second kappa shape index (κ2) is 14.3. The van der Waals surface area contributed by atoms with Gasteiger partial charge in [0, 0.05) is 34.2 Å². The summed E-state index contributed by atoms with van der Waals surface area (Å²) in [6, 6.07) is 57.7. The maximum absolute atomic E-state index is 11.6. The number of phenols is 1. The molecule has 0 aliphatic carbocycles. The van der Waals surface area contributed by atoms with Gasteiger partial charge in [-0.2, -0.15) is 0 Å². The van der Waals surface area contributed by atoms with E-state index in [1.165, 1.54) is 32.7 Å². The molecule has 0 fully saturated rings. The van der Waals surface area contributed by atoms with Gasteiger partial charge in [0.1, 0.15) is 11.6 Å². The van der Waals surface area contributed by atoms with E-state index in [9.17, 15) is 5.11 Å². The van der Waals surface area contributed by atoms with Crippen LogP contribution in [0.3, 0.4) is 0 Å². The molecule has 9 rings (SSSR count). The van der Waals surface area contributed by atoms with Gasteiger partial charge >= 0.3 is 0 Å². The SMILES string of the molecule is CC(C)(C)c1cc(C=Nc2ccccc2-c2nc3c(-c4ccc(-c5cc6ccccc6c6ccccc56)cc4)cccc3n2-c2ccccc2)c(O)c(C(C)(C)C)c1. The van der Waals surface area contributed by atoms with Crippen LogP contribution in [-0.2, 0) is 10.8 Å². The van der Waals surface area contributed by atoms with Crippen LogP contribution in [0.4, 0.5) is 5.69 Å². The number of aliphatic imine (C=N–C) groups is 1. The summed E-state index contributed by atoms with van der Waals surface area (Å²) < 4.78 is 2.23. The summed E-state index contributed by atoms with van der Waals surface area (Å²) in [5.74, 6) is 1.06. The molecule has 58 heavy (non-hydrogen) atoms. The summed E-state index contributed by atoms with van der Waals surface area (Å²) in [6.07, 6.45) is 1.81. The van der Waals surface area contributed by atoms with Crippen LogP contribution in [0.5, 0.6) is 5.75 Å². The molecule has 0 unspecified atom stereocenters. The molecule has 0 bridgehead atoms. The Morgan fingerprint density at radius 1 is 0.552 bits per heavy atom. The van der Waals surface area contributed by atoms with Crippen molar-refractivity contribution in [2.75, 3.05) is 0 Å². The molecular weight excluding hydrogens is 707 g/mol. The Labute approximate surface area is 340 Å². The maximum atomic E-state index is 11.6. The van der Waals surface area contributed by atoms with Crippen LogP contribution >= 0.6 is 0 Å². The van der Waals surface area contributed by atoms with Crippen molar-refractivity contribution in [2.24, 2.45) is 4.99 Å². The quantitative estimate of drug-likeness (QED) is 0.136. The summed E-state index contributed by atoms with van der Waals surface area (Å²) in [5, 5.41) is 16.6. The van der Waals surface area contributed by atoms with Gasteiger partial charge in [0.25, 0.3) is 0 Å². The predicted octanol–water partition coefficient (Wildman–Crippen LogP) is 14.4. The summed E-state index contributed by atoms with van der Waals surface area (Å²) in [4.78, 5) is 10.5. The molecule has 0 spiro atoms. The molecule has 0 saturated heterocycles. The molecule has 4 nitrogen and oxygen atoms in total. The maximum Gasteiger partial charge on any atom is 0.147 e. The number of aromatic nitrogens is 2. The smallest absolute Gasteiger partial charge is 0.147 e. The molecule has 4 heteroatoms. The normalized spacial score (nSPS) is 12.3. The molecule has 0 amide bonds. The van der Waals surface area contributed by atoms with E-state index in [2.05, 4.69) is 186 Å². The summed E-state index contributed by atoms with van der Waals surface area (Å²) in [7, 11) is 0. The fraction of sp³-hybridized carbons (Fsp3) is 0.148. The number of para-hydroxylation sites is 3. The lowest BCUT2D eigenvalue weighted by molar-refractivity contribution is 0.444. The highest BCUT2D eigenvalue weighted by Crippen LogP contribution is 2.41. The molecule has 8 aromatic carbocycles. The highest BCUT2D eigenvalue weighted by molar-refractivity contribution is 6.13. The fourth-order valence-electron chi connectivity index (χ4n) is 8.15. The van der Waals surface area contributed by atoms with Gasteiger partial charge in [-0.15, -0.1) is 0 Å². The minimum Gasteiger partial charge on any atom is -0.507 e. The molecule has 0 aliphatic heterocycles. The Morgan fingerprint density at radius 2 is 1.17 bits per heavy atom. The van der Waals surface area contributed by atoms with Crippen LogP contribution in [0.25, 0.3) is 71.9 Å². The standard InChI is InChI=1S/C54H47N3O/c1-53(2,3)39-31-38(51(58)47(33-39)54(4,5)6)34-55-48-25-15-14-23-45(48)52-56-50-42(24-16-26-49(50)57(52)40-18-8-7-9-19-40)35-27-29-36(30-28-35)46-32-37-17-10-11-20-41(37)43-21-12-13-22-44(43)46/h7-34,58H,1-6H3. The lowest BCUT2D eigenvalue weighted by Crippen LogP contribution is -2.17. The van der Waals surface area contributed by atoms with Crippen molar-refractivity contribution in [1.82, 2.24) is 9.55 Å². The highest BCUT2D eigenvalue weighted by atomic mass is 16.3. The van der Waals surface area contributed by atoms with Crippen LogP contribution in [0.2, 0.25) is 0 Å². The van der Waals surface area contributed by atoms with Gasteiger partial charge in [-0.25, -0.2) is 4.98 Å². The molecule has 1 aromatic heterocycles. The third-order valence-electron chi connectivity index (χ3n) is 11.3. The van der Waals surface area contributed by atoms with E-state index in [1.807, 2.05) is 24.3 Å². The minimum absolute atomic E-state index is 0.0996. The number of phenolic OH excluding ortho intramolecular Hbond substituents is 1. The van der Waals surface area contributed by atoms with Crippen LogP contribution < -0.4 is 0 Å². The number of nitrogens with zero attached hydrogens (tertiary/aromatic N) is 3. The number of imidazole rings is 1. The second-order valence-electron chi connectivity index (χ2n) is 17.3. The summed E-state index contributed by atoms with van der Waals surface area (Å²) in [5.41, 5.74) is 11.6. The van der Waals surface area contributed by atoms with Gasteiger partial charge < -0.3 is 5.11 Å². The minimum atomic E-state index is -0.241. The zero-order valence-corrected chi connectivity index (χ0v) is 34.0. The topological polar surface area (TPSA) is 50.4 Å². The van der Waals surface area contributed by atoms with Gasteiger partial charge in [0.2, 0.25) is 0 Å². The van der Waals surface area contributed by atoms with E-state index in [4.69, 9.17) is 9.98 Å². The monoisotopic (exact) mass is 753 g/mol. The Bertz CT molecular complexity index is 3010. The van der Waals surface area contributed by atoms with Crippen LogP contribution in [0, 0.1) is 0 Å². The van der Waals surface area contributed by atoms with Gasteiger partial charge in [-0.1, -0.05) is 163 Å². The number of benzene rings is 8. The molecule has 0 radical (unpaired) electrons. The molecule has 284 valence electrons. The summed E-state index contributed by atoms with van der Waals surface area (Å²) in [6.45, 7) is 13.0. The first kappa shape index (κ1) is 36.8. The number of rotatable bonds is 6.